The third kappa shape index (κ3) is 3.46. The van der Waals surface area contributed by atoms with E-state index in [1.807, 2.05) is 42.5 Å². The van der Waals surface area contributed by atoms with Crippen LogP contribution in [0.25, 0.3) is 22.3 Å². The number of para-hydroxylation sites is 1. The molecule has 3 aromatic carbocycles. The van der Waals surface area contributed by atoms with Gasteiger partial charge in [0.05, 0.1) is 27.8 Å². The first-order valence-electron chi connectivity index (χ1n) is 10.7. The van der Waals surface area contributed by atoms with Gasteiger partial charge in [0.1, 0.15) is 28.2 Å². The predicted octanol–water partition coefficient (Wildman–Crippen LogP) is 4.93. The maximum atomic E-state index is 13.3. The molecule has 172 valence electrons. The number of rotatable bonds is 5. The summed E-state index contributed by atoms with van der Waals surface area (Å²) in [5.74, 6) is 1.08. The lowest BCUT2D eigenvalue weighted by atomic mass is 9.84. The van der Waals surface area contributed by atoms with Gasteiger partial charge in [0, 0.05) is 34.7 Å². The van der Waals surface area contributed by atoms with Gasteiger partial charge in [-0.15, -0.1) is 0 Å². The van der Waals surface area contributed by atoms with Crippen LogP contribution in [0.4, 0.5) is 0 Å². The van der Waals surface area contributed by atoms with Gasteiger partial charge in [-0.2, -0.15) is 0 Å². The smallest absolute Gasteiger partial charge is 0.312 e. The average Bonchev–Trinajstić information content (AvgIpc) is 2.87. The number of esters is 1. The number of hydrogen-bond donors (Lipinski definition) is 0. The zero-order valence-electron chi connectivity index (χ0n) is 18.9. The molecule has 0 unspecified atom stereocenters. The molecular weight excluding hydrogens is 436 g/mol. The van der Waals surface area contributed by atoms with Gasteiger partial charge in [0.25, 0.3) is 0 Å². The van der Waals surface area contributed by atoms with Crippen LogP contribution in [0.1, 0.15) is 23.5 Å². The summed E-state index contributed by atoms with van der Waals surface area (Å²) in [6, 6.07) is 17.8. The fourth-order valence-corrected chi connectivity index (χ4v) is 4.50. The van der Waals surface area contributed by atoms with Crippen molar-refractivity contribution < 1.29 is 28.2 Å². The molecule has 0 bridgehead atoms. The summed E-state index contributed by atoms with van der Waals surface area (Å²) < 4.78 is 28.5. The van der Waals surface area contributed by atoms with Gasteiger partial charge in [0.2, 0.25) is 0 Å². The molecule has 0 saturated heterocycles. The Labute approximate surface area is 195 Å². The Morgan fingerprint density at radius 3 is 2.32 bits per heavy atom. The summed E-state index contributed by atoms with van der Waals surface area (Å²) >= 11 is 0. The van der Waals surface area contributed by atoms with Gasteiger partial charge in [0.15, 0.2) is 16.9 Å². The van der Waals surface area contributed by atoms with Crippen LogP contribution in [-0.4, -0.2) is 27.3 Å². The molecule has 4 aromatic rings. The van der Waals surface area contributed by atoms with E-state index in [0.29, 0.717) is 28.4 Å². The van der Waals surface area contributed by atoms with Crippen molar-refractivity contribution in [3.63, 3.8) is 0 Å². The van der Waals surface area contributed by atoms with E-state index in [1.165, 1.54) is 13.2 Å². The normalized spacial score (nSPS) is 14.9. The van der Waals surface area contributed by atoms with Crippen LogP contribution >= 0.6 is 0 Å². The van der Waals surface area contributed by atoms with Crippen molar-refractivity contribution in [2.24, 2.45) is 0 Å². The first-order valence-corrected chi connectivity index (χ1v) is 10.7. The second-order valence-electron chi connectivity index (χ2n) is 7.85. The molecule has 2 heterocycles. The third-order valence-electron chi connectivity index (χ3n) is 6.00. The van der Waals surface area contributed by atoms with Gasteiger partial charge in [-0.25, -0.2) is 0 Å². The van der Waals surface area contributed by atoms with Gasteiger partial charge in [-0.3, -0.25) is 9.59 Å². The maximum Gasteiger partial charge on any atom is 0.312 e. The van der Waals surface area contributed by atoms with Crippen LogP contribution in [0, 0.1) is 0 Å². The molecule has 1 aromatic heterocycles. The molecule has 7 heteroatoms. The minimum Gasteiger partial charge on any atom is -0.496 e. The van der Waals surface area contributed by atoms with Crippen LogP contribution in [0.3, 0.4) is 0 Å². The number of carbonyl (C=O) groups is 1. The fraction of sp³-hybridized carbons (Fsp3) is 0.185. The number of ether oxygens (including phenoxy) is 4. The Balaban J connectivity index is 1.86. The molecule has 0 saturated carbocycles. The second kappa shape index (κ2) is 8.59. The molecule has 0 fully saturated rings. The van der Waals surface area contributed by atoms with E-state index >= 15 is 0 Å². The average molecular weight is 458 g/mol. The fourth-order valence-electron chi connectivity index (χ4n) is 4.50. The number of benzene rings is 3. The van der Waals surface area contributed by atoms with E-state index in [-0.39, 0.29) is 28.7 Å². The van der Waals surface area contributed by atoms with Gasteiger partial charge in [-0.05, 0) is 6.07 Å². The maximum absolute atomic E-state index is 13.3. The molecule has 0 aliphatic carbocycles. The van der Waals surface area contributed by atoms with E-state index in [1.54, 1.807) is 26.4 Å². The summed E-state index contributed by atoms with van der Waals surface area (Å²) in [4.78, 5) is 25.9. The molecule has 7 nitrogen and oxygen atoms in total. The topological polar surface area (TPSA) is 84.2 Å². The summed E-state index contributed by atoms with van der Waals surface area (Å²) in [5.41, 5.74) is 2.10. The van der Waals surface area contributed by atoms with Crippen LogP contribution in [-0.2, 0) is 4.79 Å². The van der Waals surface area contributed by atoms with E-state index < -0.39 is 11.9 Å². The van der Waals surface area contributed by atoms with Crippen molar-refractivity contribution in [3.05, 3.63) is 82.0 Å². The minimum absolute atomic E-state index is 0.0389. The van der Waals surface area contributed by atoms with E-state index in [9.17, 15) is 9.59 Å². The predicted molar refractivity (Wildman–Crippen MR) is 126 cm³/mol. The van der Waals surface area contributed by atoms with Crippen molar-refractivity contribution in [1.82, 2.24) is 0 Å². The zero-order chi connectivity index (χ0) is 23.8. The van der Waals surface area contributed by atoms with Crippen molar-refractivity contribution >= 4 is 16.9 Å². The molecule has 0 amide bonds. The molecule has 0 radical (unpaired) electrons. The number of hydrogen-bond acceptors (Lipinski definition) is 7. The lowest BCUT2D eigenvalue weighted by Crippen LogP contribution is -2.22. The Bertz CT molecular complexity index is 1450. The molecule has 1 aliphatic rings. The number of fused-ring (bicyclic) bond motifs is 3. The monoisotopic (exact) mass is 458 g/mol. The summed E-state index contributed by atoms with van der Waals surface area (Å²) in [7, 11) is 4.55. The molecule has 34 heavy (non-hydrogen) atoms. The van der Waals surface area contributed by atoms with Crippen molar-refractivity contribution in [2.75, 3.05) is 21.3 Å². The van der Waals surface area contributed by atoms with Crippen LogP contribution in [0.5, 0.6) is 23.0 Å². The molecule has 1 aliphatic heterocycles. The zero-order valence-corrected chi connectivity index (χ0v) is 18.9. The summed E-state index contributed by atoms with van der Waals surface area (Å²) in [6.45, 7) is 0. The van der Waals surface area contributed by atoms with E-state index in [4.69, 9.17) is 23.4 Å². The highest BCUT2D eigenvalue weighted by Gasteiger charge is 2.35. The second-order valence-corrected chi connectivity index (χ2v) is 7.85. The molecule has 5 rings (SSSR count). The lowest BCUT2D eigenvalue weighted by Gasteiger charge is -2.27. The molecular formula is C27H22O7. The third-order valence-corrected chi connectivity index (χ3v) is 6.00. The Kier molecular flexibility index (Phi) is 5.45. The molecule has 0 N–H and O–H groups in total. The van der Waals surface area contributed by atoms with E-state index in [2.05, 4.69) is 0 Å². The van der Waals surface area contributed by atoms with Gasteiger partial charge in [-0.1, -0.05) is 42.5 Å². The van der Waals surface area contributed by atoms with Crippen LogP contribution in [0.15, 0.2) is 69.9 Å². The van der Waals surface area contributed by atoms with Gasteiger partial charge < -0.3 is 23.4 Å². The van der Waals surface area contributed by atoms with Crippen LogP contribution < -0.4 is 24.4 Å². The van der Waals surface area contributed by atoms with Crippen molar-refractivity contribution in [2.45, 2.75) is 12.3 Å². The number of methoxy groups -OCH3 is 3. The Morgan fingerprint density at radius 1 is 0.853 bits per heavy atom. The van der Waals surface area contributed by atoms with Crippen molar-refractivity contribution in [3.8, 4) is 34.3 Å². The summed E-state index contributed by atoms with van der Waals surface area (Å²) in [5, 5.41) is 0.283. The highest BCUT2D eigenvalue weighted by atomic mass is 16.5. The molecule has 1 atom stereocenters. The van der Waals surface area contributed by atoms with Crippen molar-refractivity contribution in [1.29, 1.82) is 0 Å². The first kappa shape index (κ1) is 21.6. The lowest BCUT2D eigenvalue weighted by molar-refractivity contribution is -0.135. The standard InChI is InChI=1S/C27H22O7/c1-30-19-11-7-10-16(26(19)32-3)17-12-23(29)33-22-14-21(31-2)25-18(28)13-20(34-27(25)24(17)22)15-8-5-4-6-9-15/h4-11,13-14,17H,12H2,1-3H3/t17-/m1/s1. The SMILES string of the molecule is COc1cccc([C@H]2CC(=O)Oc3cc(OC)c4c(=O)cc(-c5ccccc5)oc4c32)c1OC. The Morgan fingerprint density at radius 2 is 1.62 bits per heavy atom. The highest BCUT2D eigenvalue weighted by molar-refractivity contribution is 5.93. The van der Waals surface area contributed by atoms with Gasteiger partial charge >= 0.3 is 5.97 Å². The minimum atomic E-state index is -0.496. The number of carbonyl (C=O) groups excluding carboxylic acids is 1. The Hall–Kier alpha value is -4.26. The van der Waals surface area contributed by atoms with Crippen LogP contribution in [0.2, 0.25) is 0 Å². The van der Waals surface area contributed by atoms with E-state index in [0.717, 1.165) is 11.1 Å². The summed E-state index contributed by atoms with van der Waals surface area (Å²) in [6.07, 6.45) is 0.0389. The first-order chi connectivity index (χ1) is 16.5. The molecule has 0 spiro atoms. The highest BCUT2D eigenvalue weighted by Crippen LogP contribution is 2.49. The largest absolute Gasteiger partial charge is 0.496 e. The quantitative estimate of drug-likeness (QED) is 0.310.